The Bertz CT molecular complexity index is 3720. The zero-order chi connectivity index (χ0) is 87.4. The van der Waals surface area contributed by atoms with Crippen LogP contribution >= 0.6 is 0 Å². The maximum absolute atomic E-state index is 12.3. The van der Waals surface area contributed by atoms with Crippen LogP contribution in [0.5, 0.6) is 0 Å². The molecule has 33 heteroatoms. The molecule has 0 saturated carbocycles. The molecule has 6 rings (SSSR count). The van der Waals surface area contributed by atoms with Gasteiger partial charge in [0.1, 0.15) is 42.3 Å². The number of carbonyl (C=O) groups excluding carboxylic acids is 5. The Balaban J connectivity index is 0. The van der Waals surface area contributed by atoms with E-state index < -0.39 is 102 Å². The number of guanidine groups is 2. The Morgan fingerprint density at radius 3 is 0.991 bits per heavy atom. The summed E-state index contributed by atoms with van der Waals surface area (Å²) in [6, 6.07) is 33.4. The number of benzene rings is 5. The molecule has 0 aliphatic carbocycles. The number of carboxylic acid groups (broad SMARTS) is 6. The molecule has 1 aromatic heterocycles. The third-order valence-corrected chi connectivity index (χ3v) is 16.0. The minimum Gasteiger partial charge on any atom is -0.480 e. The lowest BCUT2D eigenvalue weighted by molar-refractivity contribution is -0.148. The van der Waals surface area contributed by atoms with Gasteiger partial charge >= 0.3 is 59.7 Å². The number of aromatic nitrogens is 2. The topological polar surface area (TPSA) is 608 Å². The summed E-state index contributed by atoms with van der Waals surface area (Å²) < 4.78 is 21.3. The minimum absolute atomic E-state index is 0.000370. The van der Waals surface area contributed by atoms with Crippen molar-refractivity contribution < 1.29 is 102 Å². The number of nitrogens with zero attached hydrogens (tertiary/aromatic N) is 3. The summed E-state index contributed by atoms with van der Waals surface area (Å²) in [5, 5.41) is 53.5. The van der Waals surface area contributed by atoms with Crippen LogP contribution in [0.1, 0.15) is 269 Å². The third kappa shape index (κ3) is 48.6. The summed E-state index contributed by atoms with van der Waals surface area (Å²) in [4.78, 5) is 135. The van der Waals surface area contributed by atoms with Gasteiger partial charge in [-0.3, -0.25) is 38.8 Å². The summed E-state index contributed by atoms with van der Waals surface area (Å²) in [5.41, 5.74) is 45.2. The molecule has 0 radical (unpaired) electrons. The first-order chi connectivity index (χ1) is 54.5. The number of unbranched alkanes of at least 4 members (excludes halogenated alkanes) is 5. The highest BCUT2D eigenvalue weighted by molar-refractivity contribution is 5.92. The molecule has 0 spiro atoms. The molecule has 634 valence electrons. The van der Waals surface area contributed by atoms with Gasteiger partial charge in [0.15, 0.2) is 11.9 Å². The van der Waals surface area contributed by atoms with Crippen molar-refractivity contribution in [2.75, 3.05) is 20.1 Å². The number of imidazole rings is 1. The Labute approximate surface area is 672 Å². The van der Waals surface area contributed by atoms with Crippen LogP contribution in [-0.4, -0.2) is 156 Å². The van der Waals surface area contributed by atoms with Crippen LogP contribution in [0.3, 0.4) is 0 Å². The van der Waals surface area contributed by atoms with Crippen molar-refractivity contribution in [2.24, 2.45) is 55.9 Å². The number of ether oxygens (including phenoxy) is 4. The monoisotopic (exact) mass is 1610 g/mol. The third-order valence-electron chi connectivity index (χ3n) is 16.0. The first kappa shape index (κ1) is 105. The Morgan fingerprint density at radius 1 is 0.417 bits per heavy atom. The number of aliphatic imine (C=N–C) groups is 2. The number of aromatic amines is 1. The van der Waals surface area contributed by atoms with Gasteiger partial charge in [-0.05, 0) is 127 Å². The molecule has 5 aromatic carbocycles. The predicted molar refractivity (Wildman–Crippen MR) is 437 cm³/mol. The largest absolute Gasteiger partial charge is 0.480 e. The lowest BCUT2D eigenvalue weighted by Crippen LogP contribution is -2.30. The summed E-state index contributed by atoms with van der Waals surface area (Å²) in [7, 11) is 1.54. The van der Waals surface area contributed by atoms with Gasteiger partial charge in [0, 0.05) is 74.9 Å². The zero-order valence-corrected chi connectivity index (χ0v) is 67.2. The van der Waals surface area contributed by atoms with Gasteiger partial charge in [-0.1, -0.05) is 151 Å². The van der Waals surface area contributed by atoms with E-state index in [1.54, 1.807) is 110 Å². The number of esters is 4. The summed E-state index contributed by atoms with van der Waals surface area (Å²) in [5.74, 6) is -7.42. The van der Waals surface area contributed by atoms with Crippen LogP contribution in [0, 0.1) is 0 Å². The number of aromatic carboxylic acids is 4. The van der Waals surface area contributed by atoms with Crippen LogP contribution in [0.2, 0.25) is 0 Å². The summed E-state index contributed by atoms with van der Waals surface area (Å²) >= 11 is 0. The molecule has 7 atom stereocenters. The molecule has 0 aliphatic heterocycles. The standard InChI is InChI=1S/C19H20O4.3C14H18O4.C7H11N3O.C6H14N4O2.C6H14N2O2.C2H7N3/c1-2-3-13-17(15-11-7-8-12-16(15)18(20)21)23-19(22)14-9-5-4-6-10-14;3*1-3-4-9-13(18-10(2)15)11-7-5-6-8-12(11)14(16)17;1-5(11)7(8)2-6-3-9-4-10-6;7-4(5(11)12)2-1-3-10-6(8)9;7-4-2-1-3-5(8)6(9)10;1-5-2(3)4/h4-12,17H,2-3,13H2,1H3,(H,20,21);3*5-8,13H,3-4,9H2,1-2H3,(H,16,17);3-4,7H,2,8H2,1H3,(H,9,10);4H,1-3,7H2,(H,11,12)(H4,8,9,10);5H,1-4,7-8H2,(H,9,10);1H3,(H4,3,4,5)/t;;;;7-;4-;5-;/m....000./s1. The highest BCUT2D eigenvalue weighted by Crippen LogP contribution is 2.31. The van der Waals surface area contributed by atoms with Gasteiger partial charge in [-0.15, -0.1) is 0 Å². The summed E-state index contributed by atoms with van der Waals surface area (Å²) in [6.45, 7) is 14.7. The number of ketones is 1. The summed E-state index contributed by atoms with van der Waals surface area (Å²) in [6.07, 6.45) is 14.7. The van der Waals surface area contributed by atoms with E-state index in [0.29, 0.717) is 92.3 Å². The van der Waals surface area contributed by atoms with Crippen molar-refractivity contribution in [3.8, 4) is 0 Å². The van der Waals surface area contributed by atoms with E-state index in [1.165, 1.54) is 59.0 Å². The second-order valence-corrected chi connectivity index (χ2v) is 25.5. The molecule has 0 fully saturated rings. The van der Waals surface area contributed by atoms with Crippen LogP contribution in [-0.2, 0) is 54.1 Å². The van der Waals surface area contributed by atoms with E-state index in [2.05, 4.69) is 20.0 Å². The first-order valence-electron chi connectivity index (χ1n) is 37.5. The maximum Gasteiger partial charge on any atom is 0.338 e. The lowest BCUT2D eigenvalue weighted by atomic mass is 9.98. The van der Waals surface area contributed by atoms with Crippen LogP contribution < -0.4 is 45.9 Å². The second kappa shape index (κ2) is 62.6. The SMILES string of the molecule is CC(=O)[C@@H](N)Cc1cnc[nH]1.CCCCC(OC(=O)c1ccccc1)c1ccccc1C(=O)O.CCCCC(OC(C)=O)c1ccccc1C(=O)O.CCCCC(OC(C)=O)c1ccccc1C(=O)O.CCCCC(OC(C)=O)c1ccccc1C(=O)O.CN=C(N)N.NC(N)=NCCC[C@H](N)C(=O)O.NCCCC[C@H](N)C(=O)O. The van der Waals surface area contributed by atoms with Crippen molar-refractivity contribution in [3.63, 3.8) is 0 Å². The molecular formula is C82H120N12O21. The average molecular weight is 1610 g/mol. The number of hydrogen-bond donors (Lipinski definition) is 15. The molecule has 0 amide bonds. The van der Waals surface area contributed by atoms with Crippen LogP contribution in [0.15, 0.2) is 150 Å². The van der Waals surface area contributed by atoms with E-state index in [1.807, 2.05) is 33.8 Å². The Morgan fingerprint density at radius 2 is 0.730 bits per heavy atom. The molecule has 0 saturated heterocycles. The Kier molecular flexibility index (Phi) is 57.2. The number of hydrogen-bond acceptors (Lipinski definition) is 22. The molecule has 4 unspecified atom stereocenters. The number of carbonyl (C=O) groups is 11. The molecule has 6 aromatic rings. The fraction of sp³-hybridized carbons (Fsp3) is 0.439. The van der Waals surface area contributed by atoms with Crippen molar-refractivity contribution >= 4 is 77.4 Å². The van der Waals surface area contributed by atoms with E-state index in [9.17, 15) is 57.8 Å². The normalized spacial score (nSPS) is 11.8. The van der Waals surface area contributed by atoms with Gasteiger partial charge in [-0.2, -0.15) is 0 Å². The van der Waals surface area contributed by atoms with Gasteiger partial charge in [0.2, 0.25) is 0 Å². The smallest absolute Gasteiger partial charge is 0.338 e. The number of nitrogens with one attached hydrogen (secondary N) is 1. The number of aliphatic carboxylic acids is 2. The minimum atomic E-state index is -1.02. The van der Waals surface area contributed by atoms with E-state index >= 15 is 0 Å². The molecule has 1 heterocycles. The highest BCUT2D eigenvalue weighted by atomic mass is 16.6. The van der Waals surface area contributed by atoms with Gasteiger partial charge in [0.05, 0.1) is 40.2 Å². The number of Topliss-reactive ketones (excluding diaryl/α,β-unsaturated/α-hetero) is 1. The van der Waals surface area contributed by atoms with E-state index in [0.717, 1.165) is 69.9 Å². The van der Waals surface area contributed by atoms with Crippen LogP contribution in [0.4, 0.5) is 0 Å². The fourth-order valence-electron chi connectivity index (χ4n) is 9.98. The molecule has 0 aliphatic rings. The van der Waals surface area contributed by atoms with Crippen molar-refractivity contribution in [3.05, 3.63) is 196 Å². The molecule has 115 heavy (non-hydrogen) atoms. The average Bonchev–Trinajstić information content (AvgIpc) is 1.12. The van der Waals surface area contributed by atoms with Gasteiger partial charge in [-0.25, -0.2) is 29.0 Å². The van der Waals surface area contributed by atoms with Gasteiger partial charge in [0.25, 0.3) is 0 Å². The molecule has 33 nitrogen and oxygen atoms in total. The molecule has 0 bridgehead atoms. The number of carboxylic acids is 6. The highest BCUT2D eigenvalue weighted by Gasteiger charge is 2.26. The zero-order valence-electron chi connectivity index (χ0n) is 67.2. The lowest BCUT2D eigenvalue weighted by Gasteiger charge is -2.20. The van der Waals surface area contributed by atoms with E-state index in [-0.39, 0.29) is 40.0 Å². The second-order valence-electron chi connectivity index (χ2n) is 25.5. The quantitative estimate of drug-likeness (QED) is 0.00563. The number of nitrogens with two attached hydrogens (primary N) is 8. The Hall–Kier alpha value is -11.9. The van der Waals surface area contributed by atoms with E-state index in [4.69, 9.17) is 90.3 Å². The number of H-pyrrole nitrogens is 1. The predicted octanol–water partition coefficient (Wildman–Crippen LogP) is 10.7. The fourth-order valence-corrected chi connectivity index (χ4v) is 9.98. The molecular weight excluding hydrogens is 1490 g/mol. The van der Waals surface area contributed by atoms with Gasteiger partial charge < -0.3 is 100 Å². The van der Waals surface area contributed by atoms with Crippen molar-refractivity contribution in [1.29, 1.82) is 0 Å². The van der Waals surface area contributed by atoms with Crippen LogP contribution in [0.25, 0.3) is 0 Å². The number of rotatable bonds is 38. The first-order valence-corrected chi connectivity index (χ1v) is 37.5. The maximum atomic E-state index is 12.3. The van der Waals surface area contributed by atoms with Crippen molar-refractivity contribution in [2.45, 2.75) is 214 Å². The molecule has 23 N–H and O–H groups in total. The van der Waals surface area contributed by atoms with Crippen molar-refractivity contribution in [1.82, 2.24) is 9.97 Å².